The van der Waals surface area contributed by atoms with Gasteiger partial charge in [0, 0.05) is 18.9 Å². The minimum absolute atomic E-state index is 0.0472. The highest BCUT2D eigenvalue weighted by Crippen LogP contribution is 2.26. The summed E-state index contributed by atoms with van der Waals surface area (Å²) in [4.78, 5) is 16.7. The van der Waals surface area contributed by atoms with Gasteiger partial charge in [0.05, 0.1) is 24.0 Å². The third kappa shape index (κ3) is 5.73. The molecule has 0 aliphatic heterocycles. The Morgan fingerprint density at radius 3 is 2.35 bits per heavy atom. The van der Waals surface area contributed by atoms with Crippen LogP contribution in [0.25, 0.3) is 5.69 Å². The Labute approximate surface area is 183 Å². The number of nitrogens with zero attached hydrogens (tertiary/aromatic N) is 3. The Morgan fingerprint density at radius 2 is 1.77 bits per heavy atom. The fourth-order valence-electron chi connectivity index (χ4n) is 3.22. The lowest BCUT2D eigenvalue weighted by molar-refractivity contribution is -0.119. The summed E-state index contributed by atoms with van der Waals surface area (Å²) in [5, 5.41) is 2.83. The van der Waals surface area contributed by atoms with Crippen molar-refractivity contribution in [2.75, 3.05) is 17.1 Å². The van der Waals surface area contributed by atoms with Crippen LogP contribution in [0.2, 0.25) is 0 Å². The predicted molar refractivity (Wildman–Crippen MR) is 123 cm³/mol. The Kier molecular flexibility index (Phi) is 6.50. The second kappa shape index (κ2) is 8.93. The molecule has 1 amide bonds. The third-order valence-corrected chi connectivity index (χ3v) is 6.10. The second-order valence-electron chi connectivity index (χ2n) is 8.44. The van der Waals surface area contributed by atoms with Gasteiger partial charge >= 0.3 is 0 Å². The molecule has 0 fully saturated rings. The van der Waals surface area contributed by atoms with E-state index in [0.29, 0.717) is 5.69 Å². The van der Waals surface area contributed by atoms with Gasteiger partial charge in [0.2, 0.25) is 15.9 Å². The van der Waals surface area contributed by atoms with E-state index < -0.39 is 10.0 Å². The molecule has 0 saturated carbocycles. The zero-order chi connectivity index (χ0) is 22.6. The van der Waals surface area contributed by atoms with Crippen LogP contribution < -0.4 is 9.62 Å². The average molecular weight is 441 g/mol. The lowest BCUT2D eigenvalue weighted by atomic mass is 9.87. The molecular weight excluding hydrogens is 412 g/mol. The van der Waals surface area contributed by atoms with Gasteiger partial charge in [-0.05, 0) is 34.7 Å². The van der Waals surface area contributed by atoms with Crippen molar-refractivity contribution in [2.24, 2.45) is 0 Å². The van der Waals surface area contributed by atoms with Crippen LogP contribution in [-0.2, 0) is 26.8 Å². The van der Waals surface area contributed by atoms with Crippen LogP contribution in [0, 0.1) is 0 Å². The predicted octanol–water partition coefficient (Wildman–Crippen LogP) is 3.25. The van der Waals surface area contributed by atoms with Gasteiger partial charge in [0.15, 0.2) is 0 Å². The van der Waals surface area contributed by atoms with Crippen LogP contribution in [0.4, 0.5) is 5.69 Å². The van der Waals surface area contributed by atoms with Gasteiger partial charge < -0.3 is 9.88 Å². The summed E-state index contributed by atoms with van der Waals surface area (Å²) in [6.07, 6.45) is 6.30. The minimum Gasteiger partial charge on any atom is -0.350 e. The molecule has 0 aliphatic rings. The molecule has 164 valence electrons. The van der Waals surface area contributed by atoms with Crippen molar-refractivity contribution in [1.29, 1.82) is 0 Å². The standard InChI is InChI=1S/C23H28N4O3S/c1-23(2,3)19-9-11-20(12-10-19)27(31(4,29)30)16-22(28)25-15-18-7-5-6-8-21(18)26-14-13-24-17-26/h5-14,17H,15-16H2,1-4H3,(H,25,28). The molecule has 3 aromatic rings. The van der Waals surface area contributed by atoms with Gasteiger partial charge in [0.1, 0.15) is 6.54 Å². The van der Waals surface area contributed by atoms with E-state index in [1.54, 1.807) is 24.7 Å². The molecule has 0 saturated heterocycles. The number of carbonyl (C=O) groups excluding carboxylic acids is 1. The number of anilines is 1. The van der Waals surface area contributed by atoms with E-state index in [2.05, 4.69) is 31.1 Å². The van der Waals surface area contributed by atoms with Crippen LogP contribution in [0.15, 0.2) is 67.3 Å². The van der Waals surface area contributed by atoms with Gasteiger partial charge in [-0.3, -0.25) is 9.10 Å². The quantitative estimate of drug-likeness (QED) is 0.611. The number of imidazole rings is 1. The van der Waals surface area contributed by atoms with Crippen molar-refractivity contribution < 1.29 is 13.2 Å². The molecule has 1 N–H and O–H groups in total. The Morgan fingerprint density at radius 1 is 1.10 bits per heavy atom. The van der Waals surface area contributed by atoms with Crippen LogP contribution in [0.5, 0.6) is 0 Å². The van der Waals surface area contributed by atoms with E-state index in [0.717, 1.165) is 27.4 Å². The summed E-state index contributed by atoms with van der Waals surface area (Å²) in [5.41, 5.74) is 3.30. The second-order valence-corrected chi connectivity index (χ2v) is 10.3. The summed E-state index contributed by atoms with van der Waals surface area (Å²) in [6.45, 7) is 6.25. The van der Waals surface area contributed by atoms with E-state index in [1.165, 1.54) is 0 Å². The van der Waals surface area contributed by atoms with E-state index >= 15 is 0 Å². The summed E-state index contributed by atoms with van der Waals surface area (Å²) in [7, 11) is -3.63. The number of carbonyl (C=O) groups is 1. The first-order valence-corrected chi connectivity index (χ1v) is 11.8. The van der Waals surface area contributed by atoms with Crippen molar-refractivity contribution in [3.8, 4) is 5.69 Å². The summed E-state index contributed by atoms with van der Waals surface area (Å²) >= 11 is 0. The number of hydrogen-bond donors (Lipinski definition) is 1. The molecule has 0 radical (unpaired) electrons. The highest BCUT2D eigenvalue weighted by molar-refractivity contribution is 7.92. The van der Waals surface area contributed by atoms with Crippen LogP contribution in [-0.4, -0.2) is 36.7 Å². The maximum atomic E-state index is 12.6. The van der Waals surface area contributed by atoms with Gasteiger partial charge in [-0.2, -0.15) is 0 Å². The summed E-state index contributed by atoms with van der Waals surface area (Å²) in [5.74, 6) is -0.384. The largest absolute Gasteiger partial charge is 0.350 e. The van der Waals surface area contributed by atoms with Gasteiger partial charge in [-0.15, -0.1) is 0 Å². The van der Waals surface area contributed by atoms with Crippen molar-refractivity contribution in [1.82, 2.24) is 14.9 Å². The number of rotatable bonds is 7. The van der Waals surface area contributed by atoms with Gasteiger partial charge in [0.25, 0.3) is 0 Å². The fraction of sp³-hybridized carbons (Fsp3) is 0.304. The van der Waals surface area contributed by atoms with Crippen molar-refractivity contribution in [3.63, 3.8) is 0 Å². The molecule has 0 bridgehead atoms. The molecule has 0 atom stereocenters. The number of sulfonamides is 1. The minimum atomic E-state index is -3.63. The molecule has 0 unspecified atom stereocenters. The summed E-state index contributed by atoms with van der Waals surface area (Å²) < 4.78 is 27.7. The molecule has 0 spiro atoms. The van der Waals surface area contributed by atoms with Crippen molar-refractivity contribution >= 4 is 21.6 Å². The number of para-hydroxylation sites is 1. The molecule has 1 aromatic heterocycles. The Balaban J connectivity index is 1.73. The van der Waals surface area contributed by atoms with Crippen LogP contribution in [0.1, 0.15) is 31.9 Å². The first kappa shape index (κ1) is 22.6. The normalized spacial score (nSPS) is 11.9. The van der Waals surface area contributed by atoms with E-state index in [1.807, 2.05) is 47.2 Å². The van der Waals surface area contributed by atoms with E-state index in [4.69, 9.17) is 0 Å². The lowest BCUT2D eigenvalue weighted by Gasteiger charge is -2.24. The van der Waals surface area contributed by atoms with Crippen molar-refractivity contribution in [3.05, 3.63) is 78.4 Å². The van der Waals surface area contributed by atoms with Crippen LogP contribution in [0.3, 0.4) is 0 Å². The van der Waals surface area contributed by atoms with Gasteiger partial charge in [-0.25, -0.2) is 13.4 Å². The SMILES string of the molecule is CC(C)(C)c1ccc(N(CC(=O)NCc2ccccc2-n2ccnc2)S(C)(=O)=O)cc1. The molecule has 31 heavy (non-hydrogen) atoms. The molecule has 0 aliphatic carbocycles. The topological polar surface area (TPSA) is 84.3 Å². The van der Waals surface area contributed by atoms with E-state index in [9.17, 15) is 13.2 Å². The first-order valence-electron chi connectivity index (χ1n) is 9.97. The highest BCUT2D eigenvalue weighted by Gasteiger charge is 2.22. The number of nitrogens with one attached hydrogen (secondary N) is 1. The zero-order valence-corrected chi connectivity index (χ0v) is 19.1. The van der Waals surface area contributed by atoms with Crippen LogP contribution >= 0.6 is 0 Å². The lowest BCUT2D eigenvalue weighted by Crippen LogP contribution is -2.40. The monoisotopic (exact) mass is 440 g/mol. The maximum absolute atomic E-state index is 12.6. The Hall–Kier alpha value is -3.13. The average Bonchev–Trinajstić information content (AvgIpc) is 3.24. The number of amides is 1. The highest BCUT2D eigenvalue weighted by atomic mass is 32.2. The van der Waals surface area contributed by atoms with Gasteiger partial charge in [-0.1, -0.05) is 51.1 Å². The zero-order valence-electron chi connectivity index (χ0n) is 18.2. The molecule has 3 rings (SSSR count). The Bertz CT molecular complexity index is 1130. The molecule has 8 heteroatoms. The molecular formula is C23H28N4O3S. The van der Waals surface area contributed by atoms with E-state index in [-0.39, 0.29) is 24.4 Å². The molecule has 2 aromatic carbocycles. The summed E-state index contributed by atoms with van der Waals surface area (Å²) in [6, 6.07) is 14.9. The number of benzene rings is 2. The fourth-order valence-corrected chi connectivity index (χ4v) is 4.08. The third-order valence-electron chi connectivity index (χ3n) is 4.96. The number of hydrogen-bond acceptors (Lipinski definition) is 4. The smallest absolute Gasteiger partial charge is 0.241 e. The maximum Gasteiger partial charge on any atom is 0.241 e. The first-order chi connectivity index (χ1) is 14.6. The molecule has 7 nitrogen and oxygen atoms in total. The molecule has 1 heterocycles. The van der Waals surface area contributed by atoms with Crippen molar-refractivity contribution in [2.45, 2.75) is 32.7 Å². The number of aromatic nitrogens is 2.